The van der Waals surface area contributed by atoms with E-state index >= 15 is 0 Å². The zero-order chi connectivity index (χ0) is 15.5. The van der Waals surface area contributed by atoms with Crippen molar-refractivity contribution in [1.82, 2.24) is 5.32 Å². The molecule has 3 heteroatoms. The number of hydrogen-bond donors (Lipinski definition) is 1. The van der Waals surface area contributed by atoms with Crippen LogP contribution in [0.5, 0.6) is 5.75 Å². The molecule has 1 N–H and O–H groups in total. The highest BCUT2D eigenvalue weighted by Gasteiger charge is 2.08. The zero-order valence-electron chi connectivity index (χ0n) is 14.1. The van der Waals surface area contributed by atoms with E-state index in [9.17, 15) is 0 Å². The molecule has 0 radical (unpaired) electrons. The SMILES string of the molecule is CCCCC(CC)COCc1cc(CNC)ccc1OC. The van der Waals surface area contributed by atoms with Gasteiger partial charge in [-0.2, -0.15) is 0 Å². The maximum Gasteiger partial charge on any atom is 0.124 e. The highest BCUT2D eigenvalue weighted by atomic mass is 16.5. The summed E-state index contributed by atoms with van der Waals surface area (Å²) >= 11 is 0. The van der Waals surface area contributed by atoms with Gasteiger partial charge in [0.15, 0.2) is 0 Å². The average molecular weight is 293 g/mol. The number of rotatable bonds is 11. The number of nitrogens with one attached hydrogen (secondary N) is 1. The van der Waals surface area contributed by atoms with Gasteiger partial charge in [0, 0.05) is 18.7 Å². The predicted molar refractivity (Wildman–Crippen MR) is 88.7 cm³/mol. The molecule has 0 fully saturated rings. The fourth-order valence-corrected chi connectivity index (χ4v) is 2.49. The molecule has 1 aromatic carbocycles. The Labute approximate surface area is 130 Å². The van der Waals surface area contributed by atoms with Crippen molar-refractivity contribution in [2.75, 3.05) is 20.8 Å². The third-order valence-corrected chi connectivity index (χ3v) is 3.88. The van der Waals surface area contributed by atoms with Crippen LogP contribution in [0.3, 0.4) is 0 Å². The van der Waals surface area contributed by atoms with Gasteiger partial charge < -0.3 is 14.8 Å². The second kappa shape index (κ2) is 10.6. The first-order valence-electron chi connectivity index (χ1n) is 8.13. The summed E-state index contributed by atoms with van der Waals surface area (Å²) in [5.74, 6) is 1.59. The van der Waals surface area contributed by atoms with E-state index in [-0.39, 0.29) is 0 Å². The highest BCUT2D eigenvalue weighted by molar-refractivity contribution is 5.36. The Hall–Kier alpha value is -1.06. The number of ether oxygens (including phenoxy) is 2. The lowest BCUT2D eigenvalue weighted by molar-refractivity contribution is 0.0806. The molecule has 0 saturated heterocycles. The predicted octanol–water partition coefficient (Wildman–Crippen LogP) is 4.15. The summed E-state index contributed by atoms with van der Waals surface area (Å²) in [5, 5.41) is 3.17. The minimum atomic E-state index is 0.628. The molecule has 0 aliphatic carbocycles. The van der Waals surface area contributed by atoms with E-state index < -0.39 is 0 Å². The molecule has 1 atom stereocenters. The smallest absolute Gasteiger partial charge is 0.124 e. The minimum Gasteiger partial charge on any atom is -0.496 e. The van der Waals surface area contributed by atoms with Crippen LogP contribution in [0.4, 0.5) is 0 Å². The number of unbranched alkanes of at least 4 members (excludes halogenated alkanes) is 1. The molecule has 3 nitrogen and oxygen atoms in total. The van der Waals surface area contributed by atoms with Gasteiger partial charge in [-0.1, -0.05) is 39.2 Å². The summed E-state index contributed by atoms with van der Waals surface area (Å²) in [6, 6.07) is 6.29. The van der Waals surface area contributed by atoms with Crippen LogP contribution in [0.1, 0.15) is 50.7 Å². The summed E-state index contributed by atoms with van der Waals surface area (Å²) in [6.07, 6.45) is 5.01. The lowest BCUT2D eigenvalue weighted by Crippen LogP contribution is -2.10. The van der Waals surface area contributed by atoms with Crippen LogP contribution < -0.4 is 10.1 Å². The summed E-state index contributed by atoms with van der Waals surface area (Å²) in [4.78, 5) is 0. The molecule has 0 heterocycles. The molecule has 1 unspecified atom stereocenters. The molecule has 0 aromatic heterocycles. The lowest BCUT2D eigenvalue weighted by atomic mass is 10.0. The van der Waals surface area contributed by atoms with Crippen LogP contribution in [0.15, 0.2) is 18.2 Å². The van der Waals surface area contributed by atoms with E-state index in [1.165, 1.54) is 31.2 Å². The van der Waals surface area contributed by atoms with E-state index in [0.717, 1.165) is 24.5 Å². The lowest BCUT2D eigenvalue weighted by Gasteiger charge is -2.16. The largest absolute Gasteiger partial charge is 0.496 e. The van der Waals surface area contributed by atoms with Gasteiger partial charge in [0.05, 0.1) is 13.7 Å². The molecule has 1 rings (SSSR count). The Bertz CT molecular complexity index is 393. The van der Waals surface area contributed by atoms with Gasteiger partial charge in [0.25, 0.3) is 0 Å². The maximum atomic E-state index is 5.95. The summed E-state index contributed by atoms with van der Waals surface area (Å²) in [5.41, 5.74) is 2.39. The molecule has 21 heavy (non-hydrogen) atoms. The quantitative estimate of drug-likeness (QED) is 0.665. The summed E-state index contributed by atoms with van der Waals surface area (Å²) < 4.78 is 11.4. The first kappa shape index (κ1) is 18.0. The van der Waals surface area contributed by atoms with Crippen molar-refractivity contribution >= 4 is 0 Å². The van der Waals surface area contributed by atoms with Crippen molar-refractivity contribution in [2.45, 2.75) is 52.7 Å². The topological polar surface area (TPSA) is 30.5 Å². The average Bonchev–Trinajstić information content (AvgIpc) is 2.51. The van der Waals surface area contributed by atoms with Gasteiger partial charge in [-0.05, 0) is 37.1 Å². The van der Waals surface area contributed by atoms with Gasteiger partial charge in [-0.15, -0.1) is 0 Å². The van der Waals surface area contributed by atoms with E-state index in [1.807, 2.05) is 13.1 Å². The Kier molecular flexibility index (Phi) is 9.11. The number of methoxy groups -OCH3 is 1. The Morgan fingerprint density at radius 2 is 2.05 bits per heavy atom. The van der Waals surface area contributed by atoms with Crippen molar-refractivity contribution in [2.24, 2.45) is 5.92 Å². The zero-order valence-corrected chi connectivity index (χ0v) is 14.1. The summed E-state index contributed by atoms with van der Waals surface area (Å²) in [7, 11) is 3.67. The molecule has 0 spiro atoms. The number of benzene rings is 1. The van der Waals surface area contributed by atoms with Crippen LogP contribution in [-0.4, -0.2) is 20.8 Å². The highest BCUT2D eigenvalue weighted by Crippen LogP contribution is 2.22. The first-order valence-corrected chi connectivity index (χ1v) is 8.13. The fraction of sp³-hybridized carbons (Fsp3) is 0.667. The monoisotopic (exact) mass is 293 g/mol. The van der Waals surface area contributed by atoms with Crippen molar-refractivity contribution in [3.8, 4) is 5.75 Å². The number of hydrogen-bond acceptors (Lipinski definition) is 3. The third kappa shape index (κ3) is 6.49. The van der Waals surface area contributed by atoms with Gasteiger partial charge in [-0.25, -0.2) is 0 Å². The molecular weight excluding hydrogens is 262 g/mol. The van der Waals surface area contributed by atoms with Gasteiger partial charge in [0.2, 0.25) is 0 Å². The Balaban J connectivity index is 2.54. The molecule has 0 aliphatic heterocycles. The van der Waals surface area contributed by atoms with Crippen LogP contribution in [-0.2, 0) is 17.9 Å². The Morgan fingerprint density at radius 3 is 2.67 bits per heavy atom. The van der Waals surface area contributed by atoms with Gasteiger partial charge in [-0.3, -0.25) is 0 Å². The minimum absolute atomic E-state index is 0.628. The Morgan fingerprint density at radius 1 is 1.24 bits per heavy atom. The third-order valence-electron chi connectivity index (χ3n) is 3.88. The van der Waals surface area contributed by atoms with Crippen LogP contribution in [0.25, 0.3) is 0 Å². The van der Waals surface area contributed by atoms with Crippen molar-refractivity contribution in [3.05, 3.63) is 29.3 Å². The summed E-state index contributed by atoms with van der Waals surface area (Å²) in [6.45, 7) is 6.83. The van der Waals surface area contributed by atoms with E-state index in [1.54, 1.807) is 7.11 Å². The van der Waals surface area contributed by atoms with E-state index in [0.29, 0.717) is 12.5 Å². The molecular formula is C18H31NO2. The van der Waals surface area contributed by atoms with Crippen LogP contribution in [0, 0.1) is 5.92 Å². The fourth-order valence-electron chi connectivity index (χ4n) is 2.49. The molecule has 1 aromatic rings. The molecule has 0 bridgehead atoms. The molecule has 120 valence electrons. The van der Waals surface area contributed by atoms with Crippen LogP contribution >= 0.6 is 0 Å². The standard InChI is InChI=1S/C18H31NO2/c1-5-7-8-15(6-2)13-21-14-17-11-16(12-19-3)9-10-18(17)20-4/h9-11,15,19H,5-8,12-14H2,1-4H3. The second-order valence-corrected chi connectivity index (χ2v) is 5.61. The van der Waals surface area contributed by atoms with E-state index in [4.69, 9.17) is 9.47 Å². The molecule has 0 aliphatic rings. The van der Waals surface area contributed by atoms with Crippen molar-refractivity contribution < 1.29 is 9.47 Å². The van der Waals surface area contributed by atoms with Crippen molar-refractivity contribution in [3.63, 3.8) is 0 Å². The molecule has 0 saturated carbocycles. The van der Waals surface area contributed by atoms with E-state index in [2.05, 4.69) is 31.3 Å². The van der Waals surface area contributed by atoms with Crippen molar-refractivity contribution in [1.29, 1.82) is 0 Å². The maximum absolute atomic E-state index is 5.95. The second-order valence-electron chi connectivity index (χ2n) is 5.61. The molecule has 0 amide bonds. The van der Waals surface area contributed by atoms with Crippen LogP contribution in [0.2, 0.25) is 0 Å². The normalized spacial score (nSPS) is 12.4. The van der Waals surface area contributed by atoms with Gasteiger partial charge in [0.1, 0.15) is 5.75 Å². The van der Waals surface area contributed by atoms with Gasteiger partial charge >= 0.3 is 0 Å². The first-order chi connectivity index (χ1) is 10.2.